The van der Waals surface area contributed by atoms with Crippen LogP contribution in [0.3, 0.4) is 0 Å². The number of carbonyl (C=O) groups is 2. The lowest BCUT2D eigenvalue weighted by atomic mass is 9.92. The Labute approximate surface area is 228 Å². The van der Waals surface area contributed by atoms with E-state index in [4.69, 9.17) is 20.8 Å². The molecule has 0 bridgehead atoms. The zero-order chi connectivity index (χ0) is 28.0. The topological polar surface area (TPSA) is 88.8 Å². The minimum Gasteiger partial charge on any atom is -0.458 e. The van der Waals surface area contributed by atoms with E-state index in [1.54, 1.807) is 18.2 Å². The monoisotopic (exact) mass is 538 g/mol. The highest BCUT2D eigenvalue weighted by atomic mass is 35.5. The molecule has 2 aromatic carbocycles. The third kappa shape index (κ3) is 7.25. The van der Waals surface area contributed by atoms with Gasteiger partial charge in [0.05, 0.1) is 18.0 Å². The fourth-order valence-electron chi connectivity index (χ4n) is 4.32. The van der Waals surface area contributed by atoms with Crippen molar-refractivity contribution in [3.63, 3.8) is 0 Å². The van der Waals surface area contributed by atoms with Gasteiger partial charge in [-0.05, 0) is 50.5 Å². The first-order chi connectivity index (χ1) is 17.9. The second-order valence-corrected chi connectivity index (χ2v) is 10.9. The van der Waals surface area contributed by atoms with Crippen LogP contribution in [0, 0.1) is 5.92 Å². The zero-order valence-corrected chi connectivity index (χ0v) is 23.3. The summed E-state index contributed by atoms with van der Waals surface area (Å²) in [6, 6.07) is 13.9. The predicted octanol–water partition coefficient (Wildman–Crippen LogP) is 6.27. The third-order valence-corrected chi connectivity index (χ3v) is 6.17. The lowest BCUT2D eigenvalue weighted by molar-refractivity contribution is -0.130. The van der Waals surface area contributed by atoms with E-state index in [-0.39, 0.29) is 30.4 Å². The molecule has 1 heterocycles. The summed E-state index contributed by atoms with van der Waals surface area (Å²) in [7, 11) is 0. The number of halogens is 1. The molecule has 0 aliphatic carbocycles. The molecule has 0 saturated carbocycles. The van der Waals surface area contributed by atoms with Gasteiger partial charge in [0.1, 0.15) is 18.0 Å². The molecule has 7 nitrogen and oxygen atoms in total. The summed E-state index contributed by atoms with van der Waals surface area (Å²) in [5.74, 6) is -0.155. The van der Waals surface area contributed by atoms with E-state index < -0.39 is 17.7 Å². The summed E-state index contributed by atoms with van der Waals surface area (Å²) in [6.45, 7) is 13.1. The van der Waals surface area contributed by atoms with Crippen LogP contribution in [0.4, 0.5) is 4.79 Å². The first-order valence-electron chi connectivity index (χ1n) is 12.6. The van der Waals surface area contributed by atoms with E-state index in [0.717, 1.165) is 5.56 Å². The summed E-state index contributed by atoms with van der Waals surface area (Å²) in [5, 5.41) is 3.58. The number of alkyl carbamates (subject to hydrolysis) is 1. The number of nitrogens with one attached hydrogen (secondary N) is 1. The maximum atomic E-state index is 13.8. The Morgan fingerprint density at radius 1 is 1.16 bits per heavy atom. The zero-order valence-electron chi connectivity index (χ0n) is 22.5. The molecule has 1 atom stereocenters. The quantitative estimate of drug-likeness (QED) is 0.324. The first kappa shape index (κ1) is 29.0. The van der Waals surface area contributed by atoms with Gasteiger partial charge in [0.15, 0.2) is 5.43 Å². The molecular formula is C30H35ClN2O5. The Hall–Kier alpha value is -3.58. The summed E-state index contributed by atoms with van der Waals surface area (Å²) < 4.78 is 11.7. The second kappa shape index (κ2) is 12.3. The third-order valence-electron chi connectivity index (χ3n) is 5.94. The Bertz CT molecular complexity index is 1360. The van der Waals surface area contributed by atoms with Crippen molar-refractivity contribution in [1.82, 2.24) is 10.2 Å². The van der Waals surface area contributed by atoms with Crippen LogP contribution in [-0.2, 0) is 16.0 Å². The van der Waals surface area contributed by atoms with Crippen molar-refractivity contribution in [3.05, 3.63) is 93.3 Å². The molecule has 0 saturated heterocycles. The molecule has 3 aromatic rings. The minimum atomic E-state index is -0.635. The number of rotatable bonds is 9. The predicted molar refractivity (Wildman–Crippen MR) is 150 cm³/mol. The van der Waals surface area contributed by atoms with E-state index >= 15 is 0 Å². The van der Waals surface area contributed by atoms with Crippen molar-refractivity contribution in [2.45, 2.75) is 52.6 Å². The first-order valence-corrected chi connectivity index (χ1v) is 13.0. The van der Waals surface area contributed by atoms with Crippen molar-refractivity contribution < 1.29 is 18.7 Å². The van der Waals surface area contributed by atoms with Crippen LogP contribution in [-0.4, -0.2) is 35.6 Å². The van der Waals surface area contributed by atoms with Crippen LogP contribution in [0.2, 0.25) is 5.02 Å². The van der Waals surface area contributed by atoms with Gasteiger partial charge in [-0.1, -0.05) is 62.4 Å². The van der Waals surface area contributed by atoms with Crippen LogP contribution in [0.25, 0.3) is 11.0 Å². The fourth-order valence-corrected chi connectivity index (χ4v) is 4.48. The van der Waals surface area contributed by atoms with E-state index in [0.29, 0.717) is 33.7 Å². The smallest absolute Gasteiger partial charge is 0.407 e. The van der Waals surface area contributed by atoms with E-state index in [9.17, 15) is 14.4 Å². The second-order valence-electron chi connectivity index (χ2n) is 10.5. The van der Waals surface area contributed by atoms with Crippen molar-refractivity contribution in [1.29, 1.82) is 0 Å². The molecule has 1 aromatic heterocycles. The largest absolute Gasteiger partial charge is 0.458 e. The maximum Gasteiger partial charge on any atom is 0.407 e. The number of benzene rings is 2. The van der Waals surface area contributed by atoms with E-state index in [1.807, 2.05) is 65.0 Å². The van der Waals surface area contributed by atoms with Gasteiger partial charge < -0.3 is 19.4 Å². The van der Waals surface area contributed by atoms with E-state index in [2.05, 4.69) is 11.9 Å². The molecule has 38 heavy (non-hydrogen) atoms. The number of nitrogens with zero attached hydrogens (tertiary/aromatic N) is 1. The van der Waals surface area contributed by atoms with Crippen LogP contribution >= 0.6 is 11.6 Å². The lowest BCUT2D eigenvalue weighted by Crippen LogP contribution is -2.43. The van der Waals surface area contributed by atoms with Gasteiger partial charge in [-0.2, -0.15) is 0 Å². The molecule has 8 heteroatoms. The van der Waals surface area contributed by atoms with E-state index in [1.165, 1.54) is 11.0 Å². The van der Waals surface area contributed by atoms with Crippen LogP contribution < -0.4 is 10.7 Å². The fraction of sp³-hybridized carbons (Fsp3) is 0.367. The molecule has 0 spiro atoms. The molecule has 0 aliphatic rings. The van der Waals surface area contributed by atoms with Crippen molar-refractivity contribution in [2.75, 3.05) is 13.2 Å². The molecular weight excluding hydrogens is 504 g/mol. The molecule has 1 unspecified atom stereocenters. The highest BCUT2D eigenvalue weighted by molar-refractivity contribution is 6.31. The van der Waals surface area contributed by atoms with Gasteiger partial charge in [-0.15, -0.1) is 0 Å². The summed E-state index contributed by atoms with van der Waals surface area (Å²) in [4.78, 5) is 40.6. The van der Waals surface area contributed by atoms with Gasteiger partial charge in [-0.3, -0.25) is 9.59 Å². The van der Waals surface area contributed by atoms with Gasteiger partial charge in [0.25, 0.3) is 0 Å². The Morgan fingerprint density at radius 2 is 1.84 bits per heavy atom. The van der Waals surface area contributed by atoms with Crippen LogP contribution in [0.15, 0.2) is 70.4 Å². The number of hydrogen-bond acceptors (Lipinski definition) is 5. The molecule has 1 N–H and O–H groups in total. The summed E-state index contributed by atoms with van der Waals surface area (Å²) in [6.07, 6.45) is 0.944. The van der Waals surface area contributed by atoms with Crippen LogP contribution in [0.5, 0.6) is 0 Å². The van der Waals surface area contributed by atoms with Gasteiger partial charge in [-0.25, -0.2) is 4.79 Å². The molecule has 0 aliphatic heterocycles. The number of carbonyl (C=O) groups excluding carboxylic acids is 2. The number of fused-ring (bicyclic) bond motifs is 1. The SMILES string of the molecule is C=CC(=O)N(CCOC(=O)NC(C)(C)C)C(c1oc2cc(Cl)ccc2c(=O)c1Cc1ccccc1)C(C)C. The number of ether oxygens (including phenoxy) is 1. The Balaban J connectivity index is 2.10. The van der Waals surface area contributed by atoms with Gasteiger partial charge in [0.2, 0.25) is 5.91 Å². The van der Waals surface area contributed by atoms with Crippen molar-refractivity contribution in [2.24, 2.45) is 5.92 Å². The molecule has 0 radical (unpaired) electrons. The minimum absolute atomic E-state index is 0.0532. The highest BCUT2D eigenvalue weighted by Gasteiger charge is 2.33. The summed E-state index contributed by atoms with van der Waals surface area (Å²) in [5.41, 5.74) is 1.08. The molecule has 202 valence electrons. The van der Waals surface area contributed by atoms with Crippen molar-refractivity contribution >= 4 is 34.6 Å². The average Bonchev–Trinajstić information content (AvgIpc) is 2.84. The van der Waals surface area contributed by atoms with Gasteiger partial charge in [0, 0.05) is 28.6 Å². The normalized spacial score (nSPS) is 12.3. The Morgan fingerprint density at radius 3 is 2.45 bits per heavy atom. The standard InChI is InChI=1S/C30H35ClN2O5/c1-7-25(34)33(15-16-37-29(36)32-30(4,5)6)26(19(2)3)28-23(17-20-11-9-8-10-12-20)27(35)22-14-13-21(31)18-24(22)38-28/h7-14,18-19,26H,1,15-17H2,2-6H3,(H,32,36). The van der Waals surface area contributed by atoms with Gasteiger partial charge >= 0.3 is 6.09 Å². The average molecular weight is 539 g/mol. The molecule has 3 rings (SSSR count). The summed E-state index contributed by atoms with van der Waals surface area (Å²) >= 11 is 6.22. The van der Waals surface area contributed by atoms with Crippen molar-refractivity contribution in [3.8, 4) is 0 Å². The lowest BCUT2D eigenvalue weighted by Gasteiger charge is -2.34. The number of hydrogen-bond donors (Lipinski definition) is 1. The Kier molecular flexibility index (Phi) is 9.39. The maximum absolute atomic E-state index is 13.8. The highest BCUT2D eigenvalue weighted by Crippen LogP contribution is 2.34. The number of amides is 2. The molecule has 0 fully saturated rings. The molecule has 2 amide bonds. The van der Waals surface area contributed by atoms with Crippen LogP contribution in [0.1, 0.15) is 57.5 Å².